The Hall–Kier alpha value is -3.80. The van der Waals surface area contributed by atoms with Gasteiger partial charge in [0.2, 0.25) is 0 Å². The summed E-state index contributed by atoms with van der Waals surface area (Å²) in [5, 5.41) is 4.17. The third kappa shape index (κ3) is 4.21. The van der Waals surface area contributed by atoms with Gasteiger partial charge in [0.05, 0.1) is 19.7 Å². The molecule has 29 heavy (non-hydrogen) atoms. The Kier molecular flexibility index (Phi) is 5.42. The van der Waals surface area contributed by atoms with Crippen LogP contribution in [0.25, 0.3) is 10.9 Å². The van der Waals surface area contributed by atoms with Crippen molar-refractivity contribution in [3.63, 3.8) is 0 Å². The van der Waals surface area contributed by atoms with Crippen LogP contribution >= 0.6 is 0 Å². The van der Waals surface area contributed by atoms with Gasteiger partial charge < -0.3 is 19.5 Å². The van der Waals surface area contributed by atoms with Crippen molar-refractivity contribution in [2.24, 2.45) is 0 Å². The second-order valence-corrected chi connectivity index (χ2v) is 6.37. The van der Waals surface area contributed by atoms with E-state index in [1.165, 1.54) is 6.33 Å². The van der Waals surface area contributed by atoms with Gasteiger partial charge in [0.1, 0.15) is 24.5 Å². The molecule has 0 saturated carbocycles. The van der Waals surface area contributed by atoms with Gasteiger partial charge in [-0.3, -0.25) is 0 Å². The molecule has 0 aliphatic heterocycles. The van der Waals surface area contributed by atoms with Crippen LogP contribution in [0.5, 0.6) is 17.2 Å². The van der Waals surface area contributed by atoms with Crippen molar-refractivity contribution in [1.29, 1.82) is 0 Å². The molecule has 0 unspecified atom stereocenters. The molecule has 1 heterocycles. The van der Waals surface area contributed by atoms with Crippen molar-refractivity contribution >= 4 is 22.4 Å². The van der Waals surface area contributed by atoms with Crippen molar-refractivity contribution in [2.75, 3.05) is 19.5 Å². The van der Waals surface area contributed by atoms with Gasteiger partial charge in [-0.25, -0.2) is 9.97 Å². The molecule has 0 fully saturated rings. The number of nitrogens with zero attached hydrogens (tertiary/aromatic N) is 2. The number of hydrogen-bond acceptors (Lipinski definition) is 6. The zero-order valence-electron chi connectivity index (χ0n) is 16.3. The lowest BCUT2D eigenvalue weighted by Crippen LogP contribution is -2.00. The number of benzene rings is 3. The minimum atomic E-state index is 0.440. The minimum absolute atomic E-state index is 0.440. The SMILES string of the molecule is COc1cccc(Nc2ncnc3cc(OC)c(OCc4ccccc4)cc23)c1. The molecule has 1 aromatic heterocycles. The van der Waals surface area contributed by atoms with Crippen LogP contribution in [0.2, 0.25) is 0 Å². The maximum absolute atomic E-state index is 6.04. The Morgan fingerprint density at radius 1 is 0.828 bits per heavy atom. The van der Waals surface area contributed by atoms with Crippen molar-refractivity contribution in [2.45, 2.75) is 6.61 Å². The molecular formula is C23H21N3O3. The molecule has 1 N–H and O–H groups in total. The Balaban J connectivity index is 1.68. The monoisotopic (exact) mass is 387 g/mol. The summed E-state index contributed by atoms with van der Waals surface area (Å²) in [5.74, 6) is 2.70. The van der Waals surface area contributed by atoms with E-state index in [1.54, 1.807) is 14.2 Å². The number of methoxy groups -OCH3 is 2. The van der Waals surface area contributed by atoms with Crippen LogP contribution < -0.4 is 19.5 Å². The molecule has 0 bridgehead atoms. The summed E-state index contributed by atoms with van der Waals surface area (Å²) in [7, 11) is 3.26. The molecule has 0 spiro atoms. The fourth-order valence-electron chi connectivity index (χ4n) is 3.01. The summed E-state index contributed by atoms with van der Waals surface area (Å²) in [4.78, 5) is 8.79. The molecule has 6 nitrogen and oxygen atoms in total. The highest BCUT2D eigenvalue weighted by Gasteiger charge is 2.12. The minimum Gasteiger partial charge on any atom is -0.497 e. The molecule has 0 aliphatic rings. The molecule has 146 valence electrons. The van der Waals surface area contributed by atoms with Crippen LogP contribution in [0.15, 0.2) is 73.1 Å². The lowest BCUT2D eigenvalue weighted by Gasteiger charge is -2.14. The van der Waals surface area contributed by atoms with Crippen molar-refractivity contribution in [1.82, 2.24) is 9.97 Å². The topological polar surface area (TPSA) is 65.5 Å². The van der Waals surface area contributed by atoms with E-state index in [0.717, 1.165) is 27.9 Å². The first-order valence-electron chi connectivity index (χ1n) is 9.17. The van der Waals surface area contributed by atoms with Crippen molar-refractivity contribution in [3.05, 3.63) is 78.6 Å². The van der Waals surface area contributed by atoms with Gasteiger partial charge in [-0.1, -0.05) is 36.4 Å². The van der Waals surface area contributed by atoms with Gasteiger partial charge in [-0.15, -0.1) is 0 Å². The molecule has 0 atom stereocenters. The summed E-state index contributed by atoms with van der Waals surface area (Å²) in [6.45, 7) is 0.440. The summed E-state index contributed by atoms with van der Waals surface area (Å²) in [6.07, 6.45) is 1.52. The maximum atomic E-state index is 6.04. The maximum Gasteiger partial charge on any atom is 0.162 e. The van der Waals surface area contributed by atoms with E-state index in [0.29, 0.717) is 23.9 Å². The van der Waals surface area contributed by atoms with E-state index in [4.69, 9.17) is 14.2 Å². The highest BCUT2D eigenvalue weighted by atomic mass is 16.5. The van der Waals surface area contributed by atoms with E-state index >= 15 is 0 Å². The number of fused-ring (bicyclic) bond motifs is 1. The Bertz CT molecular complexity index is 1120. The van der Waals surface area contributed by atoms with Gasteiger partial charge >= 0.3 is 0 Å². The summed E-state index contributed by atoms with van der Waals surface area (Å²) in [5.41, 5.74) is 2.70. The Morgan fingerprint density at radius 3 is 2.48 bits per heavy atom. The van der Waals surface area contributed by atoms with Crippen LogP contribution in [-0.2, 0) is 6.61 Å². The zero-order valence-corrected chi connectivity index (χ0v) is 16.3. The van der Waals surface area contributed by atoms with Crippen LogP contribution in [0.3, 0.4) is 0 Å². The van der Waals surface area contributed by atoms with Gasteiger partial charge in [0.15, 0.2) is 11.5 Å². The predicted octanol–water partition coefficient (Wildman–Crippen LogP) is 4.97. The summed E-state index contributed by atoms with van der Waals surface area (Å²) < 4.78 is 16.8. The van der Waals surface area contributed by atoms with Crippen LogP contribution in [0.4, 0.5) is 11.5 Å². The number of nitrogens with one attached hydrogen (secondary N) is 1. The van der Waals surface area contributed by atoms with Crippen molar-refractivity contribution in [3.8, 4) is 17.2 Å². The summed E-state index contributed by atoms with van der Waals surface area (Å²) >= 11 is 0. The van der Waals surface area contributed by atoms with Crippen LogP contribution in [0.1, 0.15) is 5.56 Å². The first kappa shape index (κ1) is 18.6. The second kappa shape index (κ2) is 8.48. The molecule has 0 amide bonds. The predicted molar refractivity (Wildman–Crippen MR) is 113 cm³/mol. The fraction of sp³-hybridized carbons (Fsp3) is 0.130. The molecule has 0 saturated heterocycles. The summed E-state index contributed by atoms with van der Waals surface area (Å²) in [6, 6.07) is 21.4. The largest absolute Gasteiger partial charge is 0.497 e. The van der Waals surface area contributed by atoms with E-state index in [-0.39, 0.29) is 0 Å². The van der Waals surface area contributed by atoms with E-state index < -0.39 is 0 Å². The average Bonchev–Trinajstić information content (AvgIpc) is 2.78. The molecule has 0 aliphatic carbocycles. The van der Waals surface area contributed by atoms with Gasteiger partial charge in [-0.2, -0.15) is 0 Å². The number of hydrogen-bond donors (Lipinski definition) is 1. The molecule has 4 aromatic rings. The van der Waals surface area contributed by atoms with Crippen LogP contribution in [0, 0.1) is 0 Å². The number of rotatable bonds is 7. The second-order valence-electron chi connectivity index (χ2n) is 6.37. The molecule has 3 aromatic carbocycles. The first-order valence-corrected chi connectivity index (χ1v) is 9.17. The van der Waals surface area contributed by atoms with Crippen LogP contribution in [-0.4, -0.2) is 24.2 Å². The Labute approximate surface area is 169 Å². The van der Waals surface area contributed by atoms with Gasteiger partial charge in [0.25, 0.3) is 0 Å². The smallest absolute Gasteiger partial charge is 0.162 e. The van der Waals surface area contributed by atoms with E-state index in [9.17, 15) is 0 Å². The highest BCUT2D eigenvalue weighted by Crippen LogP contribution is 2.35. The van der Waals surface area contributed by atoms with Crippen molar-refractivity contribution < 1.29 is 14.2 Å². The zero-order chi connectivity index (χ0) is 20.1. The standard InChI is InChI=1S/C23H21N3O3/c1-27-18-10-6-9-17(11-18)26-23-19-12-22(29-14-16-7-4-3-5-8-16)21(28-2)13-20(19)24-15-25-23/h3-13,15H,14H2,1-2H3,(H,24,25,26). The fourth-order valence-corrected chi connectivity index (χ4v) is 3.01. The molecule has 4 rings (SSSR count). The molecular weight excluding hydrogens is 366 g/mol. The van der Waals surface area contributed by atoms with E-state index in [1.807, 2.05) is 66.7 Å². The first-order chi connectivity index (χ1) is 14.3. The lowest BCUT2D eigenvalue weighted by molar-refractivity contribution is 0.285. The number of aromatic nitrogens is 2. The van der Waals surface area contributed by atoms with Gasteiger partial charge in [-0.05, 0) is 23.8 Å². The number of ether oxygens (including phenoxy) is 3. The molecule has 0 radical (unpaired) electrons. The number of anilines is 2. The average molecular weight is 387 g/mol. The Morgan fingerprint density at radius 2 is 1.69 bits per heavy atom. The molecule has 6 heteroatoms. The lowest BCUT2D eigenvalue weighted by atomic mass is 10.2. The van der Waals surface area contributed by atoms with E-state index in [2.05, 4.69) is 15.3 Å². The normalized spacial score (nSPS) is 10.6. The van der Waals surface area contributed by atoms with Gasteiger partial charge in [0, 0.05) is 23.2 Å². The third-order valence-corrected chi connectivity index (χ3v) is 4.49. The quantitative estimate of drug-likeness (QED) is 0.483. The third-order valence-electron chi connectivity index (χ3n) is 4.49. The highest BCUT2D eigenvalue weighted by molar-refractivity contribution is 5.93.